The summed E-state index contributed by atoms with van der Waals surface area (Å²) in [6.07, 6.45) is 0. The molecule has 17 heavy (non-hydrogen) atoms. The van der Waals surface area contributed by atoms with Crippen molar-refractivity contribution < 1.29 is 10.4 Å². The van der Waals surface area contributed by atoms with Crippen LogP contribution in [0.1, 0.15) is 0 Å². The van der Waals surface area contributed by atoms with E-state index in [0.717, 1.165) is 10.3 Å². The summed E-state index contributed by atoms with van der Waals surface area (Å²) in [5, 5.41) is 23.1. The Kier molecular flexibility index (Phi) is 2.14. The lowest BCUT2D eigenvalue weighted by molar-refractivity contribution is 0.184. The number of anilines is 3. The summed E-state index contributed by atoms with van der Waals surface area (Å²) in [5.74, 6) is 0. The summed E-state index contributed by atoms with van der Waals surface area (Å²) >= 11 is 0. The second-order valence-corrected chi connectivity index (χ2v) is 3.69. The van der Waals surface area contributed by atoms with Crippen LogP contribution < -0.4 is 15.5 Å². The Bertz CT molecular complexity index is 503. The quantitative estimate of drug-likeness (QED) is 0.786. The van der Waals surface area contributed by atoms with Crippen molar-refractivity contribution in [3.8, 4) is 0 Å². The first-order valence-electron chi connectivity index (χ1n) is 5.21. The van der Waals surface area contributed by atoms with Crippen LogP contribution in [0.5, 0.6) is 0 Å². The molecule has 0 fully saturated rings. The molecule has 1 heterocycles. The van der Waals surface area contributed by atoms with Gasteiger partial charge in [0, 0.05) is 0 Å². The van der Waals surface area contributed by atoms with Crippen LogP contribution in [0.15, 0.2) is 54.6 Å². The maximum absolute atomic E-state index is 10.0. The molecule has 3 rings (SSSR count). The molecular weight excluding hydrogens is 218 g/mol. The molecule has 0 atom stereocenters. The van der Waals surface area contributed by atoms with Gasteiger partial charge in [0.2, 0.25) is 0 Å². The van der Waals surface area contributed by atoms with Gasteiger partial charge < -0.3 is 0 Å². The zero-order chi connectivity index (χ0) is 11.8. The lowest BCUT2D eigenvalue weighted by Gasteiger charge is -2.28. The standard InChI is InChI=1S/C12H11N3O2/c16-14-11-8-4-5-9-12(11)15(17)13(14)10-6-2-1-3-7-10/h1-9,16-17H. The Morgan fingerprint density at radius 1 is 0.647 bits per heavy atom. The number of hydrogen-bond donors (Lipinski definition) is 2. The first-order valence-corrected chi connectivity index (χ1v) is 5.21. The maximum atomic E-state index is 10.0. The van der Waals surface area contributed by atoms with E-state index in [0.29, 0.717) is 17.1 Å². The molecule has 0 aromatic heterocycles. The summed E-state index contributed by atoms with van der Waals surface area (Å²) in [6.45, 7) is 0. The van der Waals surface area contributed by atoms with E-state index >= 15 is 0 Å². The first-order chi connectivity index (χ1) is 8.29. The van der Waals surface area contributed by atoms with Gasteiger partial charge in [-0.3, -0.25) is 10.4 Å². The minimum atomic E-state index is 0.527. The minimum absolute atomic E-state index is 0.527. The summed E-state index contributed by atoms with van der Waals surface area (Å²) in [5.41, 5.74) is 1.71. The molecule has 0 unspecified atom stereocenters. The Hall–Kier alpha value is -2.24. The fourth-order valence-corrected chi connectivity index (χ4v) is 1.87. The van der Waals surface area contributed by atoms with E-state index in [2.05, 4.69) is 0 Å². The van der Waals surface area contributed by atoms with Gasteiger partial charge in [-0.2, -0.15) is 0 Å². The fourth-order valence-electron chi connectivity index (χ4n) is 1.87. The normalized spacial score (nSPS) is 14.1. The average molecular weight is 229 g/mol. The van der Waals surface area contributed by atoms with Crippen molar-refractivity contribution in [2.45, 2.75) is 0 Å². The largest absolute Gasteiger partial charge is 0.267 e. The van der Waals surface area contributed by atoms with Crippen LogP contribution in [0.3, 0.4) is 0 Å². The van der Waals surface area contributed by atoms with Crippen molar-refractivity contribution in [1.82, 2.24) is 0 Å². The predicted octanol–water partition coefficient (Wildman–Crippen LogP) is 2.43. The van der Waals surface area contributed by atoms with Crippen molar-refractivity contribution in [3.63, 3.8) is 0 Å². The molecule has 0 saturated heterocycles. The molecule has 0 spiro atoms. The van der Waals surface area contributed by atoms with Crippen LogP contribution >= 0.6 is 0 Å². The van der Waals surface area contributed by atoms with Gasteiger partial charge in [0.15, 0.2) is 0 Å². The second kappa shape index (κ2) is 3.65. The average Bonchev–Trinajstić information content (AvgIpc) is 2.64. The summed E-state index contributed by atoms with van der Waals surface area (Å²) in [4.78, 5) is 0. The Balaban J connectivity index is 2.06. The van der Waals surface area contributed by atoms with E-state index in [4.69, 9.17) is 0 Å². The number of hydrazine groups is 2. The predicted molar refractivity (Wildman–Crippen MR) is 63.9 cm³/mol. The topological polar surface area (TPSA) is 50.2 Å². The molecule has 5 nitrogen and oxygen atoms in total. The van der Waals surface area contributed by atoms with Crippen molar-refractivity contribution >= 4 is 17.1 Å². The highest BCUT2D eigenvalue weighted by Gasteiger charge is 2.32. The lowest BCUT2D eigenvalue weighted by Crippen LogP contribution is -2.46. The van der Waals surface area contributed by atoms with Gasteiger partial charge in [0.1, 0.15) is 11.4 Å². The molecular formula is C12H11N3O2. The third kappa shape index (κ3) is 1.41. The molecule has 86 valence electrons. The maximum Gasteiger partial charge on any atom is 0.118 e. The number of nitrogens with zero attached hydrogens (tertiary/aromatic N) is 3. The van der Waals surface area contributed by atoms with Gasteiger partial charge >= 0.3 is 0 Å². The molecule has 2 aromatic carbocycles. The van der Waals surface area contributed by atoms with Crippen molar-refractivity contribution in [3.05, 3.63) is 54.6 Å². The number of fused-ring (bicyclic) bond motifs is 1. The van der Waals surface area contributed by atoms with Gasteiger partial charge in [-0.25, -0.2) is 0 Å². The molecule has 2 N–H and O–H groups in total. The van der Waals surface area contributed by atoms with E-state index in [-0.39, 0.29) is 0 Å². The second-order valence-electron chi connectivity index (χ2n) is 3.69. The molecule has 0 radical (unpaired) electrons. The van der Waals surface area contributed by atoms with Crippen LogP contribution in [0.4, 0.5) is 17.1 Å². The summed E-state index contributed by atoms with van der Waals surface area (Å²) < 4.78 is 0. The van der Waals surface area contributed by atoms with Gasteiger partial charge in [-0.1, -0.05) is 30.3 Å². The highest BCUT2D eigenvalue weighted by Crippen LogP contribution is 2.38. The molecule has 5 heteroatoms. The number of hydrogen-bond acceptors (Lipinski definition) is 5. The molecule has 2 aromatic rings. The van der Waals surface area contributed by atoms with Gasteiger partial charge in [0.25, 0.3) is 0 Å². The van der Waals surface area contributed by atoms with Gasteiger partial charge in [-0.15, -0.1) is 15.5 Å². The number of rotatable bonds is 1. The van der Waals surface area contributed by atoms with Crippen LogP contribution in [-0.4, -0.2) is 10.4 Å². The minimum Gasteiger partial charge on any atom is -0.267 e. The van der Waals surface area contributed by atoms with E-state index in [1.807, 2.05) is 18.2 Å². The Morgan fingerprint density at radius 2 is 1.12 bits per heavy atom. The Morgan fingerprint density at radius 3 is 1.65 bits per heavy atom. The molecule has 1 aliphatic rings. The SMILES string of the molecule is ON1c2ccccc2N(O)N1c1ccccc1. The molecule has 0 bridgehead atoms. The van der Waals surface area contributed by atoms with E-state index < -0.39 is 0 Å². The zero-order valence-electron chi connectivity index (χ0n) is 8.93. The molecule has 0 aliphatic carbocycles. The van der Waals surface area contributed by atoms with E-state index in [1.54, 1.807) is 36.4 Å². The van der Waals surface area contributed by atoms with Crippen LogP contribution in [0.25, 0.3) is 0 Å². The molecule has 0 amide bonds. The van der Waals surface area contributed by atoms with E-state index in [1.165, 1.54) is 5.12 Å². The monoisotopic (exact) mass is 229 g/mol. The van der Waals surface area contributed by atoms with Crippen molar-refractivity contribution in [2.24, 2.45) is 0 Å². The fraction of sp³-hybridized carbons (Fsp3) is 0. The molecule has 0 saturated carbocycles. The smallest absolute Gasteiger partial charge is 0.118 e. The number of benzene rings is 2. The van der Waals surface area contributed by atoms with Crippen LogP contribution in [0, 0.1) is 0 Å². The highest BCUT2D eigenvalue weighted by molar-refractivity contribution is 5.79. The molecule has 1 aliphatic heterocycles. The third-order valence-corrected chi connectivity index (χ3v) is 2.66. The van der Waals surface area contributed by atoms with Crippen molar-refractivity contribution in [2.75, 3.05) is 15.5 Å². The highest BCUT2D eigenvalue weighted by atomic mass is 16.7. The van der Waals surface area contributed by atoms with Crippen molar-refractivity contribution in [1.29, 1.82) is 0 Å². The van der Waals surface area contributed by atoms with E-state index in [9.17, 15) is 10.4 Å². The van der Waals surface area contributed by atoms with Gasteiger partial charge in [0.05, 0.1) is 5.69 Å². The van der Waals surface area contributed by atoms with Crippen LogP contribution in [-0.2, 0) is 0 Å². The third-order valence-electron chi connectivity index (χ3n) is 2.66. The number of para-hydroxylation sites is 3. The zero-order valence-corrected chi connectivity index (χ0v) is 8.93. The summed E-state index contributed by atoms with van der Waals surface area (Å²) in [6, 6.07) is 16.2. The Labute approximate surface area is 98.2 Å². The summed E-state index contributed by atoms with van der Waals surface area (Å²) in [7, 11) is 0. The lowest BCUT2D eigenvalue weighted by atomic mass is 10.3. The first kappa shape index (κ1) is 9.95. The van der Waals surface area contributed by atoms with Crippen LogP contribution in [0.2, 0.25) is 0 Å². The van der Waals surface area contributed by atoms with Gasteiger partial charge in [-0.05, 0) is 24.3 Å².